The van der Waals surface area contributed by atoms with Crippen molar-refractivity contribution in [1.29, 1.82) is 0 Å². The highest BCUT2D eigenvalue weighted by molar-refractivity contribution is 7.99. The van der Waals surface area contributed by atoms with Crippen molar-refractivity contribution >= 4 is 23.4 Å². The predicted octanol–water partition coefficient (Wildman–Crippen LogP) is 3.87. The van der Waals surface area contributed by atoms with Crippen molar-refractivity contribution in [1.82, 2.24) is 15.2 Å². The van der Waals surface area contributed by atoms with Crippen molar-refractivity contribution in [2.75, 3.05) is 11.1 Å². The highest BCUT2D eigenvalue weighted by atomic mass is 32.2. The van der Waals surface area contributed by atoms with Crippen LogP contribution in [-0.2, 0) is 11.4 Å². The van der Waals surface area contributed by atoms with Gasteiger partial charge in [0.1, 0.15) is 6.61 Å². The number of amides is 1. The molecule has 27 heavy (non-hydrogen) atoms. The van der Waals surface area contributed by atoms with E-state index in [1.807, 2.05) is 32.0 Å². The number of ether oxygens (including phenoxy) is 1. The quantitative estimate of drug-likeness (QED) is 0.603. The van der Waals surface area contributed by atoms with Gasteiger partial charge in [-0.3, -0.25) is 9.89 Å². The van der Waals surface area contributed by atoms with E-state index in [4.69, 9.17) is 4.74 Å². The number of hydrogen-bond acceptors (Lipinski definition) is 5. The summed E-state index contributed by atoms with van der Waals surface area (Å²) in [6.07, 6.45) is 0. The molecule has 1 heterocycles. The summed E-state index contributed by atoms with van der Waals surface area (Å²) < 4.78 is 18.9. The van der Waals surface area contributed by atoms with Crippen LogP contribution in [0.5, 0.6) is 5.75 Å². The number of hydrogen-bond donors (Lipinski definition) is 2. The molecule has 0 fully saturated rings. The minimum Gasteiger partial charge on any atom is -0.483 e. The molecule has 1 amide bonds. The first-order valence-corrected chi connectivity index (χ1v) is 9.28. The van der Waals surface area contributed by atoms with E-state index in [9.17, 15) is 9.18 Å². The molecule has 8 heteroatoms. The number of nitrogens with zero attached hydrogens (tertiary/aromatic N) is 2. The van der Waals surface area contributed by atoms with Gasteiger partial charge in [-0.1, -0.05) is 36.0 Å². The number of H-pyrrole nitrogens is 1. The van der Waals surface area contributed by atoms with Crippen molar-refractivity contribution in [3.05, 3.63) is 65.2 Å². The summed E-state index contributed by atoms with van der Waals surface area (Å²) in [4.78, 5) is 16.4. The van der Waals surface area contributed by atoms with Gasteiger partial charge in [0.15, 0.2) is 17.4 Å². The van der Waals surface area contributed by atoms with Gasteiger partial charge in [0.05, 0.1) is 5.75 Å². The Morgan fingerprint density at radius 3 is 2.89 bits per heavy atom. The van der Waals surface area contributed by atoms with E-state index in [-0.39, 0.29) is 24.0 Å². The molecule has 3 aromatic rings. The van der Waals surface area contributed by atoms with Crippen LogP contribution in [0.3, 0.4) is 0 Å². The Balaban J connectivity index is 1.50. The number of benzene rings is 2. The van der Waals surface area contributed by atoms with Crippen LogP contribution in [0.1, 0.15) is 17.0 Å². The fraction of sp³-hybridized carbons (Fsp3) is 0.211. The smallest absolute Gasteiger partial charge is 0.234 e. The molecule has 0 spiro atoms. The summed E-state index contributed by atoms with van der Waals surface area (Å²) in [5.74, 6) is 0.211. The minimum absolute atomic E-state index is 0.0587. The average Bonchev–Trinajstić information content (AvgIpc) is 3.10. The number of halogens is 1. The van der Waals surface area contributed by atoms with Gasteiger partial charge in [-0.2, -0.15) is 0 Å². The van der Waals surface area contributed by atoms with E-state index < -0.39 is 5.82 Å². The molecule has 2 aromatic carbocycles. The normalized spacial score (nSPS) is 10.6. The molecule has 0 aliphatic carbocycles. The van der Waals surface area contributed by atoms with Crippen molar-refractivity contribution in [3.63, 3.8) is 0 Å². The van der Waals surface area contributed by atoms with E-state index in [0.29, 0.717) is 11.0 Å². The molecule has 140 valence electrons. The fourth-order valence-corrected chi connectivity index (χ4v) is 2.92. The van der Waals surface area contributed by atoms with Crippen LogP contribution < -0.4 is 10.1 Å². The van der Waals surface area contributed by atoms with Crippen LogP contribution in [0.2, 0.25) is 0 Å². The first-order chi connectivity index (χ1) is 13.0. The largest absolute Gasteiger partial charge is 0.483 e. The maximum atomic E-state index is 13.5. The zero-order valence-electron chi connectivity index (χ0n) is 15.0. The molecule has 6 nitrogen and oxygen atoms in total. The van der Waals surface area contributed by atoms with Gasteiger partial charge >= 0.3 is 0 Å². The molecular formula is C19H19FN4O2S. The first-order valence-electron chi connectivity index (χ1n) is 8.30. The van der Waals surface area contributed by atoms with Gasteiger partial charge in [0, 0.05) is 5.69 Å². The lowest BCUT2D eigenvalue weighted by molar-refractivity contribution is -0.113. The van der Waals surface area contributed by atoms with Crippen LogP contribution in [0.15, 0.2) is 47.6 Å². The van der Waals surface area contributed by atoms with Crippen molar-refractivity contribution < 1.29 is 13.9 Å². The summed E-state index contributed by atoms with van der Waals surface area (Å²) in [7, 11) is 0. The number of aryl methyl sites for hydroxylation is 2. The van der Waals surface area contributed by atoms with E-state index >= 15 is 0 Å². The van der Waals surface area contributed by atoms with Crippen LogP contribution in [0, 0.1) is 19.7 Å². The number of carbonyl (C=O) groups excluding carboxylic acids is 1. The Morgan fingerprint density at radius 1 is 1.26 bits per heavy atom. The monoisotopic (exact) mass is 386 g/mol. The Morgan fingerprint density at radius 2 is 2.07 bits per heavy atom. The third-order valence-corrected chi connectivity index (χ3v) is 4.56. The second-order valence-electron chi connectivity index (χ2n) is 5.94. The Kier molecular flexibility index (Phi) is 6.08. The number of para-hydroxylation sites is 1. The zero-order chi connectivity index (χ0) is 19.2. The SMILES string of the molecule is Cc1ccc(C)c(NC(=O)CSc2n[nH]c(COc3ccccc3F)n2)c1. The van der Waals surface area contributed by atoms with Gasteiger partial charge in [-0.25, -0.2) is 9.37 Å². The second kappa shape index (κ2) is 8.68. The minimum atomic E-state index is -0.435. The number of anilines is 1. The highest BCUT2D eigenvalue weighted by Gasteiger charge is 2.10. The van der Waals surface area contributed by atoms with Gasteiger partial charge in [0.2, 0.25) is 11.1 Å². The maximum absolute atomic E-state index is 13.5. The molecule has 0 atom stereocenters. The number of rotatable bonds is 7. The second-order valence-corrected chi connectivity index (χ2v) is 6.88. The number of carbonyl (C=O) groups is 1. The summed E-state index contributed by atoms with van der Waals surface area (Å²) in [6, 6.07) is 12.0. The standard InChI is InChI=1S/C19H19FN4O2S/c1-12-7-8-13(2)15(9-12)21-18(25)11-27-19-22-17(23-24-19)10-26-16-6-4-3-5-14(16)20/h3-9H,10-11H2,1-2H3,(H,21,25)(H,22,23,24). The number of thioether (sulfide) groups is 1. The van der Waals surface area contributed by atoms with Crippen LogP contribution >= 0.6 is 11.8 Å². The highest BCUT2D eigenvalue weighted by Crippen LogP contribution is 2.19. The Labute approximate surface area is 160 Å². The molecular weight excluding hydrogens is 367 g/mol. The number of nitrogens with one attached hydrogen (secondary N) is 2. The lowest BCUT2D eigenvalue weighted by Gasteiger charge is -2.08. The van der Waals surface area contributed by atoms with E-state index in [1.54, 1.807) is 18.2 Å². The summed E-state index contributed by atoms with van der Waals surface area (Å²) in [6.45, 7) is 3.98. The summed E-state index contributed by atoms with van der Waals surface area (Å²) >= 11 is 1.21. The zero-order valence-corrected chi connectivity index (χ0v) is 15.8. The van der Waals surface area contributed by atoms with E-state index in [0.717, 1.165) is 16.8 Å². The molecule has 0 aliphatic heterocycles. The fourth-order valence-electron chi connectivity index (χ4n) is 2.30. The Bertz CT molecular complexity index is 945. The van der Waals surface area contributed by atoms with Crippen molar-refractivity contribution in [2.45, 2.75) is 25.6 Å². The van der Waals surface area contributed by atoms with Gasteiger partial charge in [-0.15, -0.1) is 5.10 Å². The molecule has 2 N–H and O–H groups in total. The number of aromatic amines is 1. The van der Waals surface area contributed by atoms with Crippen LogP contribution in [-0.4, -0.2) is 26.8 Å². The van der Waals surface area contributed by atoms with Crippen LogP contribution in [0.25, 0.3) is 0 Å². The average molecular weight is 386 g/mol. The summed E-state index contributed by atoms with van der Waals surface area (Å²) in [5, 5.41) is 10.1. The maximum Gasteiger partial charge on any atom is 0.234 e. The lowest BCUT2D eigenvalue weighted by Crippen LogP contribution is -2.15. The van der Waals surface area contributed by atoms with Gasteiger partial charge < -0.3 is 10.1 Å². The Hall–Kier alpha value is -2.87. The van der Waals surface area contributed by atoms with Gasteiger partial charge in [0.25, 0.3) is 0 Å². The topological polar surface area (TPSA) is 79.9 Å². The summed E-state index contributed by atoms with van der Waals surface area (Å²) in [5.41, 5.74) is 2.89. The third kappa shape index (κ3) is 5.30. The van der Waals surface area contributed by atoms with E-state index in [1.165, 1.54) is 17.8 Å². The number of aromatic nitrogens is 3. The predicted molar refractivity (Wildman–Crippen MR) is 102 cm³/mol. The van der Waals surface area contributed by atoms with Gasteiger partial charge in [-0.05, 0) is 43.2 Å². The molecule has 0 saturated heterocycles. The molecule has 3 rings (SSSR count). The molecule has 1 aromatic heterocycles. The first kappa shape index (κ1) is 18.9. The van der Waals surface area contributed by atoms with Crippen molar-refractivity contribution in [2.24, 2.45) is 0 Å². The van der Waals surface area contributed by atoms with E-state index in [2.05, 4.69) is 20.5 Å². The molecule has 0 radical (unpaired) electrons. The molecule has 0 unspecified atom stereocenters. The molecule has 0 saturated carbocycles. The van der Waals surface area contributed by atoms with Crippen LogP contribution in [0.4, 0.5) is 10.1 Å². The molecule has 0 aliphatic rings. The van der Waals surface area contributed by atoms with Crippen molar-refractivity contribution in [3.8, 4) is 5.75 Å². The molecule has 0 bridgehead atoms. The third-order valence-electron chi connectivity index (χ3n) is 3.71. The lowest BCUT2D eigenvalue weighted by atomic mass is 10.1.